The van der Waals surface area contributed by atoms with Crippen LogP contribution < -0.4 is 19.5 Å². The summed E-state index contributed by atoms with van der Waals surface area (Å²) < 4.78 is 16.7. The van der Waals surface area contributed by atoms with Crippen LogP contribution in [0.3, 0.4) is 0 Å². The Morgan fingerprint density at radius 2 is 1.71 bits per heavy atom. The van der Waals surface area contributed by atoms with Crippen LogP contribution in [-0.4, -0.2) is 32.3 Å². The molecule has 0 spiro atoms. The molecule has 0 saturated heterocycles. The Balaban J connectivity index is 2.39. The van der Waals surface area contributed by atoms with E-state index in [1.165, 1.54) is 0 Å². The monoisotopic (exact) mass is 471 g/mol. The van der Waals surface area contributed by atoms with E-state index in [-0.39, 0.29) is 23.8 Å². The molecule has 0 saturated carbocycles. The van der Waals surface area contributed by atoms with Crippen molar-refractivity contribution in [3.63, 3.8) is 0 Å². The van der Waals surface area contributed by atoms with E-state index < -0.39 is 0 Å². The quantitative estimate of drug-likeness (QED) is 0.361. The molecule has 1 atom stereocenters. The number of benzene rings is 2. The Morgan fingerprint density at radius 3 is 2.26 bits per heavy atom. The van der Waals surface area contributed by atoms with Gasteiger partial charge in [-0.3, -0.25) is 4.79 Å². The standard InChI is InChI=1S/C28H41NO5/c1-8-9-10-11-20(21-13-15-24(32-5)27(34-7)26(21)33-6)17-25(31)29-23-16-19(18-30)12-14-22(23)28(2,3)4/h12-16,20,30H,8-11,17-18H2,1-7H3,(H,29,31). The van der Waals surface area contributed by atoms with E-state index in [2.05, 4.69) is 33.0 Å². The zero-order chi connectivity index (χ0) is 25.3. The summed E-state index contributed by atoms with van der Waals surface area (Å²) in [7, 11) is 4.79. The van der Waals surface area contributed by atoms with Crippen LogP contribution in [0.25, 0.3) is 0 Å². The molecular formula is C28H41NO5. The van der Waals surface area contributed by atoms with Gasteiger partial charge in [-0.2, -0.15) is 0 Å². The van der Waals surface area contributed by atoms with Crippen LogP contribution >= 0.6 is 0 Å². The van der Waals surface area contributed by atoms with Crippen molar-refractivity contribution in [3.8, 4) is 17.2 Å². The largest absolute Gasteiger partial charge is 0.493 e. The molecule has 0 bridgehead atoms. The third-order valence-electron chi connectivity index (χ3n) is 6.11. The lowest BCUT2D eigenvalue weighted by Crippen LogP contribution is -2.21. The van der Waals surface area contributed by atoms with Crippen LogP contribution in [0, 0.1) is 0 Å². The molecule has 188 valence electrons. The Hall–Kier alpha value is -2.73. The first-order valence-electron chi connectivity index (χ1n) is 12.0. The van der Waals surface area contributed by atoms with E-state index in [1.807, 2.05) is 30.3 Å². The fourth-order valence-electron chi connectivity index (χ4n) is 4.33. The van der Waals surface area contributed by atoms with Crippen molar-refractivity contribution in [2.45, 2.75) is 77.7 Å². The molecular weight excluding hydrogens is 430 g/mol. The van der Waals surface area contributed by atoms with Crippen LogP contribution in [0.1, 0.15) is 82.4 Å². The number of anilines is 1. The third kappa shape index (κ3) is 6.89. The number of aliphatic hydroxyl groups is 1. The number of hydrogen-bond donors (Lipinski definition) is 2. The normalized spacial score (nSPS) is 12.2. The highest BCUT2D eigenvalue weighted by Gasteiger charge is 2.25. The number of aliphatic hydroxyl groups excluding tert-OH is 1. The fourth-order valence-corrected chi connectivity index (χ4v) is 4.33. The maximum absolute atomic E-state index is 13.3. The van der Waals surface area contributed by atoms with E-state index in [0.717, 1.165) is 48.1 Å². The first kappa shape index (κ1) is 27.5. The number of ether oxygens (including phenoxy) is 3. The molecule has 0 aliphatic rings. The minimum Gasteiger partial charge on any atom is -0.493 e. The van der Waals surface area contributed by atoms with Crippen LogP contribution in [0.5, 0.6) is 17.2 Å². The number of carbonyl (C=O) groups excluding carboxylic acids is 1. The number of carbonyl (C=O) groups is 1. The van der Waals surface area contributed by atoms with Crippen LogP contribution in [0.2, 0.25) is 0 Å². The molecule has 2 N–H and O–H groups in total. The van der Waals surface area contributed by atoms with Crippen LogP contribution in [-0.2, 0) is 16.8 Å². The fraction of sp³-hybridized carbons (Fsp3) is 0.536. The number of hydrogen-bond acceptors (Lipinski definition) is 5. The molecule has 2 aromatic carbocycles. The SMILES string of the molecule is CCCCCC(CC(=O)Nc1cc(CO)ccc1C(C)(C)C)c1ccc(OC)c(OC)c1OC. The summed E-state index contributed by atoms with van der Waals surface area (Å²) in [5.41, 5.74) is 3.33. The minimum atomic E-state index is -0.149. The predicted octanol–water partition coefficient (Wildman–Crippen LogP) is 6.19. The molecule has 0 heterocycles. The molecule has 0 aliphatic heterocycles. The Bertz CT molecular complexity index is 949. The Kier molecular flexibility index (Phi) is 10.2. The lowest BCUT2D eigenvalue weighted by atomic mass is 9.85. The summed E-state index contributed by atoms with van der Waals surface area (Å²) in [5, 5.41) is 12.7. The average Bonchev–Trinajstić information content (AvgIpc) is 2.81. The highest BCUT2D eigenvalue weighted by molar-refractivity contribution is 5.92. The second-order valence-corrected chi connectivity index (χ2v) is 9.66. The molecule has 0 radical (unpaired) electrons. The Morgan fingerprint density at radius 1 is 1.00 bits per heavy atom. The molecule has 6 heteroatoms. The van der Waals surface area contributed by atoms with Crippen molar-refractivity contribution < 1.29 is 24.1 Å². The third-order valence-corrected chi connectivity index (χ3v) is 6.11. The van der Waals surface area contributed by atoms with Crippen LogP contribution in [0.15, 0.2) is 30.3 Å². The molecule has 0 aliphatic carbocycles. The van der Waals surface area contributed by atoms with E-state index >= 15 is 0 Å². The molecule has 2 rings (SSSR count). The average molecular weight is 472 g/mol. The molecule has 6 nitrogen and oxygen atoms in total. The maximum atomic E-state index is 13.3. The molecule has 34 heavy (non-hydrogen) atoms. The lowest BCUT2D eigenvalue weighted by Gasteiger charge is -2.25. The smallest absolute Gasteiger partial charge is 0.224 e. The van der Waals surface area contributed by atoms with Crippen molar-refractivity contribution in [3.05, 3.63) is 47.0 Å². The van der Waals surface area contributed by atoms with Gasteiger partial charge in [0.15, 0.2) is 11.5 Å². The van der Waals surface area contributed by atoms with E-state index in [9.17, 15) is 9.90 Å². The van der Waals surface area contributed by atoms with Gasteiger partial charge in [0.2, 0.25) is 11.7 Å². The molecule has 2 aromatic rings. The zero-order valence-corrected chi connectivity index (χ0v) is 21.8. The zero-order valence-electron chi connectivity index (χ0n) is 21.8. The maximum Gasteiger partial charge on any atom is 0.224 e. The second kappa shape index (κ2) is 12.7. The summed E-state index contributed by atoms with van der Waals surface area (Å²) in [6, 6.07) is 9.58. The van der Waals surface area contributed by atoms with Crippen molar-refractivity contribution in [2.75, 3.05) is 26.6 Å². The van der Waals surface area contributed by atoms with Gasteiger partial charge in [0, 0.05) is 17.7 Å². The number of unbranched alkanes of at least 4 members (excludes halogenated alkanes) is 2. The number of nitrogens with one attached hydrogen (secondary N) is 1. The molecule has 0 aromatic heterocycles. The summed E-state index contributed by atoms with van der Waals surface area (Å²) in [4.78, 5) is 13.3. The molecule has 1 amide bonds. The van der Waals surface area contributed by atoms with Crippen molar-refractivity contribution >= 4 is 11.6 Å². The summed E-state index contributed by atoms with van der Waals surface area (Å²) >= 11 is 0. The van der Waals surface area contributed by atoms with Gasteiger partial charge in [0.25, 0.3) is 0 Å². The highest BCUT2D eigenvalue weighted by atomic mass is 16.5. The number of amides is 1. The van der Waals surface area contributed by atoms with Gasteiger partial charge in [-0.25, -0.2) is 0 Å². The minimum absolute atomic E-state index is 0.0413. The van der Waals surface area contributed by atoms with Crippen molar-refractivity contribution in [1.29, 1.82) is 0 Å². The predicted molar refractivity (Wildman–Crippen MR) is 137 cm³/mol. The van der Waals surface area contributed by atoms with E-state index in [4.69, 9.17) is 14.2 Å². The Labute approximate surface area is 204 Å². The topological polar surface area (TPSA) is 77.0 Å². The van der Waals surface area contributed by atoms with Gasteiger partial charge in [0.1, 0.15) is 0 Å². The van der Waals surface area contributed by atoms with Gasteiger partial charge >= 0.3 is 0 Å². The highest BCUT2D eigenvalue weighted by Crippen LogP contribution is 2.44. The van der Waals surface area contributed by atoms with Crippen LogP contribution in [0.4, 0.5) is 5.69 Å². The van der Waals surface area contributed by atoms with Crippen molar-refractivity contribution in [1.82, 2.24) is 0 Å². The van der Waals surface area contributed by atoms with E-state index in [1.54, 1.807) is 21.3 Å². The van der Waals surface area contributed by atoms with Gasteiger partial charge in [-0.1, -0.05) is 65.2 Å². The molecule has 0 fully saturated rings. The van der Waals surface area contributed by atoms with Gasteiger partial charge in [-0.15, -0.1) is 0 Å². The van der Waals surface area contributed by atoms with Gasteiger partial charge in [0.05, 0.1) is 27.9 Å². The number of rotatable bonds is 12. The summed E-state index contributed by atoms with van der Waals surface area (Å²) in [5.74, 6) is 1.62. The second-order valence-electron chi connectivity index (χ2n) is 9.66. The lowest BCUT2D eigenvalue weighted by molar-refractivity contribution is -0.116. The van der Waals surface area contributed by atoms with E-state index in [0.29, 0.717) is 23.7 Å². The first-order valence-corrected chi connectivity index (χ1v) is 12.0. The van der Waals surface area contributed by atoms with Gasteiger partial charge < -0.3 is 24.6 Å². The molecule has 1 unspecified atom stereocenters. The number of methoxy groups -OCH3 is 3. The first-order chi connectivity index (χ1) is 16.2. The summed E-state index contributed by atoms with van der Waals surface area (Å²) in [6.45, 7) is 8.42. The van der Waals surface area contributed by atoms with Crippen molar-refractivity contribution in [2.24, 2.45) is 0 Å². The van der Waals surface area contributed by atoms with Gasteiger partial charge in [-0.05, 0) is 41.0 Å². The summed E-state index contributed by atoms with van der Waals surface area (Å²) in [6.07, 6.45) is 4.38.